The first-order chi connectivity index (χ1) is 8.81. The molecule has 2 N–H and O–H groups in total. The van der Waals surface area contributed by atoms with Gasteiger partial charge in [0.25, 0.3) is 0 Å². The van der Waals surface area contributed by atoms with Crippen molar-refractivity contribution in [3.63, 3.8) is 0 Å². The normalized spacial score (nSPS) is 16.7. The highest BCUT2D eigenvalue weighted by molar-refractivity contribution is 6.35. The zero-order chi connectivity index (χ0) is 14.2. The molecule has 4 nitrogen and oxygen atoms in total. The summed E-state index contributed by atoms with van der Waals surface area (Å²) in [6.07, 6.45) is 0. The second-order valence-corrected chi connectivity index (χ2v) is 5.65. The summed E-state index contributed by atoms with van der Waals surface area (Å²) in [5, 5.41) is 14.5. The number of aliphatic hydroxyl groups excluding tert-OH is 1. The molecule has 19 heavy (non-hydrogen) atoms. The molecule has 0 bridgehead atoms. The third-order valence-electron chi connectivity index (χ3n) is 2.77. The Morgan fingerprint density at radius 1 is 1.21 bits per heavy atom. The fourth-order valence-corrected chi connectivity index (χ4v) is 1.97. The molecule has 0 heterocycles. The fraction of sp³-hybridized carbons (Fsp3) is 0.333. The lowest BCUT2D eigenvalue weighted by atomic mass is 10.0. The SMILES string of the molecule is CC(=O)C1=C(O)/C(=N\NC(C)(C)C)c2ccccc21. The number of fused-ring (bicyclic) bond motifs is 1. The quantitative estimate of drug-likeness (QED) is 0.802. The van der Waals surface area contributed by atoms with Crippen LogP contribution in [0, 0.1) is 0 Å². The summed E-state index contributed by atoms with van der Waals surface area (Å²) in [5.74, 6) is -0.212. The molecule has 4 heteroatoms. The van der Waals surface area contributed by atoms with E-state index in [1.165, 1.54) is 6.92 Å². The van der Waals surface area contributed by atoms with Crippen molar-refractivity contribution in [3.05, 3.63) is 41.2 Å². The van der Waals surface area contributed by atoms with Gasteiger partial charge >= 0.3 is 0 Å². The Balaban J connectivity index is 2.54. The van der Waals surface area contributed by atoms with E-state index < -0.39 is 0 Å². The van der Waals surface area contributed by atoms with Crippen molar-refractivity contribution >= 4 is 17.1 Å². The number of hydrazone groups is 1. The minimum Gasteiger partial charge on any atom is -0.505 e. The molecule has 100 valence electrons. The number of hydrogen-bond acceptors (Lipinski definition) is 4. The van der Waals surface area contributed by atoms with Crippen LogP contribution >= 0.6 is 0 Å². The van der Waals surface area contributed by atoms with E-state index in [0.717, 1.165) is 11.1 Å². The highest BCUT2D eigenvalue weighted by Crippen LogP contribution is 2.32. The Hall–Kier alpha value is -2.10. The van der Waals surface area contributed by atoms with E-state index >= 15 is 0 Å². The van der Waals surface area contributed by atoms with E-state index in [2.05, 4.69) is 10.5 Å². The minimum atomic E-state index is -0.207. The van der Waals surface area contributed by atoms with Crippen LogP contribution in [0.25, 0.3) is 5.57 Å². The number of Topliss-reactive ketones (excluding diaryl/α,β-unsaturated/α-hetero) is 1. The lowest BCUT2D eigenvalue weighted by Crippen LogP contribution is -2.32. The van der Waals surface area contributed by atoms with Gasteiger partial charge in [-0.05, 0) is 33.3 Å². The first-order valence-electron chi connectivity index (χ1n) is 6.20. The van der Waals surface area contributed by atoms with Gasteiger partial charge in [-0.3, -0.25) is 4.79 Å². The number of nitrogens with one attached hydrogen (secondary N) is 1. The molecule has 0 saturated carbocycles. The average Bonchev–Trinajstić information content (AvgIpc) is 2.57. The van der Waals surface area contributed by atoms with Gasteiger partial charge in [0.15, 0.2) is 11.5 Å². The van der Waals surface area contributed by atoms with Gasteiger partial charge in [0, 0.05) is 11.1 Å². The maximum Gasteiger partial charge on any atom is 0.164 e. The van der Waals surface area contributed by atoms with Gasteiger partial charge in [-0.1, -0.05) is 24.3 Å². The molecular formula is C15H18N2O2. The Bertz CT molecular complexity index is 592. The standard InChI is InChI=1S/C15H18N2O2/c1-9(18)12-10-7-5-6-8-11(10)13(14(12)19)16-17-15(2,3)4/h5-8,17H,1-4H3,(H,16,19). The zero-order valence-corrected chi connectivity index (χ0v) is 11.6. The van der Waals surface area contributed by atoms with Crippen molar-refractivity contribution in [3.8, 4) is 0 Å². The molecule has 2 rings (SSSR count). The molecule has 1 aromatic carbocycles. The highest BCUT2D eigenvalue weighted by atomic mass is 16.3. The third kappa shape index (κ3) is 2.52. The maximum absolute atomic E-state index is 11.7. The molecule has 0 spiro atoms. The van der Waals surface area contributed by atoms with E-state index in [1.807, 2.05) is 45.0 Å². The minimum absolute atomic E-state index is 0.0505. The van der Waals surface area contributed by atoms with E-state index in [-0.39, 0.29) is 17.1 Å². The number of carbonyl (C=O) groups is 1. The van der Waals surface area contributed by atoms with Crippen LogP contribution in [-0.4, -0.2) is 22.1 Å². The second kappa shape index (κ2) is 4.53. The molecule has 1 aliphatic rings. The predicted molar refractivity (Wildman–Crippen MR) is 76.1 cm³/mol. The summed E-state index contributed by atoms with van der Waals surface area (Å²) >= 11 is 0. The number of ketones is 1. The number of aliphatic hydroxyl groups is 1. The van der Waals surface area contributed by atoms with Gasteiger partial charge in [-0.25, -0.2) is 0 Å². The Morgan fingerprint density at radius 2 is 1.79 bits per heavy atom. The lowest BCUT2D eigenvalue weighted by Gasteiger charge is -2.18. The van der Waals surface area contributed by atoms with Gasteiger partial charge in [-0.15, -0.1) is 0 Å². The number of carbonyl (C=O) groups excluding carboxylic acids is 1. The van der Waals surface area contributed by atoms with Gasteiger partial charge in [0.2, 0.25) is 0 Å². The molecule has 0 saturated heterocycles. The van der Waals surface area contributed by atoms with Crippen molar-refractivity contribution in [2.75, 3.05) is 0 Å². The van der Waals surface area contributed by atoms with E-state index in [0.29, 0.717) is 11.3 Å². The Kier molecular flexibility index (Phi) is 3.18. The van der Waals surface area contributed by atoms with Crippen LogP contribution in [0.3, 0.4) is 0 Å². The Morgan fingerprint density at radius 3 is 2.32 bits per heavy atom. The number of allylic oxidation sites excluding steroid dienone is 2. The number of nitrogens with zero attached hydrogens (tertiary/aromatic N) is 1. The molecule has 0 aromatic heterocycles. The molecule has 1 aromatic rings. The third-order valence-corrected chi connectivity index (χ3v) is 2.77. The Labute approximate surface area is 112 Å². The van der Waals surface area contributed by atoms with Crippen molar-refractivity contribution in [1.82, 2.24) is 5.43 Å². The van der Waals surface area contributed by atoms with Gasteiger partial charge < -0.3 is 10.5 Å². The topological polar surface area (TPSA) is 61.7 Å². The smallest absolute Gasteiger partial charge is 0.164 e. The largest absolute Gasteiger partial charge is 0.505 e. The summed E-state index contributed by atoms with van der Waals surface area (Å²) in [6, 6.07) is 7.38. The maximum atomic E-state index is 11.7. The van der Waals surface area contributed by atoms with Gasteiger partial charge in [-0.2, -0.15) is 5.10 Å². The molecule has 0 aliphatic heterocycles. The second-order valence-electron chi connectivity index (χ2n) is 5.65. The first kappa shape index (κ1) is 13.3. The van der Waals surface area contributed by atoms with Crippen LogP contribution in [0.2, 0.25) is 0 Å². The number of hydrogen-bond donors (Lipinski definition) is 2. The molecule has 0 amide bonds. The number of rotatable bonds is 2. The molecule has 0 radical (unpaired) electrons. The highest BCUT2D eigenvalue weighted by Gasteiger charge is 2.30. The number of benzene rings is 1. The summed E-state index contributed by atoms with van der Waals surface area (Å²) in [6.45, 7) is 7.38. The van der Waals surface area contributed by atoms with Crippen LogP contribution in [0.4, 0.5) is 0 Å². The molecule has 1 aliphatic carbocycles. The van der Waals surface area contributed by atoms with Crippen LogP contribution in [-0.2, 0) is 4.79 Å². The summed E-state index contributed by atoms with van der Waals surface area (Å²) in [7, 11) is 0. The van der Waals surface area contributed by atoms with Crippen molar-refractivity contribution < 1.29 is 9.90 Å². The molecule has 0 fully saturated rings. The molecular weight excluding hydrogens is 240 g/mol. The van der Waals surface area contributed by atoms with Crippen molar-refractivity contribution in [1.29, 1.82) is 0 Å². The fourth-order valence-electron chi connectivity index (χ4n) is 1.97. The van der Waals surface area contributed by atoms with Crippen LogP contribution in [0.1, 0.15) is 38.8 Å². The van der Waals surface area contributed by atoms with Crippen molar-refractivity contribution in [2.45, 2.75) is 33.2 Å². The van der Waals surface area contributed by atoms with E-state index in [4.69, 9.17) is 0 Å². The van der Waals surface area contributed by atoms with Crippen LogP contribution in [0.5, 0.6) is 0 Å². The predicted octanol–water partition coefficient (Wildman–Crippen LogP) is 2.65. The van der Waals surface area contributed by atoms with E-state index in [9.17, 15) is 9.90 Å². The van der Waals surface area contributed by atoms with Gasteiger partial charge in [0.1, 0.15) is 5.71 Å². The molecule has 0 atom stereocenters. The van der Waals surface area contributed by atoms with Crippen LogP contribution in [0.15, 0.2) is 35.1 Å². The van der Waals surface area contributed by atoms with E-state index in [1.54, 1.807) is 0 Å². The average molecular weight is 258 g/mol. The summed E-state index contributed by atoms with van der Waals surface area (Å²) < 4.78 is 0. The summed E-state index contributed by atoms with van der Waals surface area (Å²) in [5.41, 5.74) is 5.05. The van der Waals surface area contributed by atoms with Crippen molar-refractivity contribution in [2.24, 2.45) is 5.10 Å². The van der Waals surface area contributed by atoms with Gasteiger partial charge in [0.05, 0.1) is 5.57 Å². The zero-order valence-electron chi connectivity index (χ0n) is 11.6. The summed E-state index contributed by atoms with van der Waals surface area (Å²) in [4.78, 5) is 11.7. The molecule has 0 unspecified atom stereocenters. The monoisotopic (exact) mass is 258 g/mol. The lowest BCUT2D eigenvalue weighted by molar-refractivity contribution is -0.111. The first-order valence-corrected chi connectivity index (χ1v) is 6.20. The van der Waals surface area contributed by atoms with Crippen LogP contribution < -0.4 is 5.43 Å².